The Kier molecular flexibility index (Phi) is 6.29. The highest BCUT2D eigenvalue weighted by molar-refractivity contribution is 9.10. The van der Waals surface area contributed by atoms with Crippen molar-refractivity contribution in [3.8, 4) is 17.0 Å². The molecule has 0 fully saturated rings. The summed E-state index contributed by atoms with van der Waals surface area (Å²) >= 11 is 3.48. The Labute approximate surface area is 210 Å². The van der Waals surface area contributed by atoms with Crippen LogP contribution in [-0.4, -0.2) is 30.5 Å². The Morgan fingerprint density at radius 3 is 2.49 bits per heavy atom. The molecule has 0 atom stereocenters. The van der Waals surface area contributed by atoms with Gasteiger partial charge in [0.05, 0.1) is 23.9 Å². The predicted octanol–water partition coefficient (Wildman–Crippen LogP) is 6.87. The number of Topliss-reactive ketones (excluding diaryl/α,β-unsaturated/α-hetero) is 1. The van der Waals surface area contributed by atoms with Crippen LogP contribution in [0.5, 0.6) is 5.75 Å². The van der Waals surface area contributed by atoms with Crippen LogP contribution in [0.25, 0.3) is 32.9 Å². The van der Waals surface area contributed by atoms with E-state index >= 15 is 0 Å². The molecule has 1 aromatic heterocycles. The lowest BCUT2D eigenvalue weighted by Gasteiger charge is -2.10. The van der Waals surface area contributed by atoms with Gasteiger partial charge in [0.25, 0.3) is 0 Å². The van der Waals surface area contributed by atoms with E-state index in [4.69, 9.17) is 14.5 Å². The third-order valence-corrected chi connectivity index (χ3v) is 6.25. The number of fused-ring (bicyclic) bond motifs is 2. The number of benzene rings is 4. The minimum Gasteiger partial charge on any atom is -0.497 e. The molecule has 0 aliphatic rings. The van der Waals surface area contributed by atoms with Crippen molar-refractivity contribution in [2.75, 3.05) is 13.7 Å². The number of rotatable bonds is 6. The molecule has 5 rings (SSSR count). The third-order valence-electron chi connectivity index (χ3n) is 5.76. The number of methoxy groups -OCH3 is 1. The highest BCUT2D eigenvalue weighted by atomic mass is 79.9. The summed E-state index contributed by atoms with van der Waals surface area (Å²) in [5.41, 5.74) is 3.03. The van der Waals surface area contributed by atoms with Gasteiger partial charge in [0.2, 0.25) is 0 Å². The van der Waals surface area contributed by atoms with Crippen LogP contribution in [0.2, 0.25) is 0 Å². The first-order chi connectivity index (χ1) is 17.0. The molecule has 0 aliphatic heterocycles. The standard InChI is InChI=1S/C29H20BrNO4/c1-34-23-12-11-18-13-21(10-9-19(18)15-23)28(32)17-35-29(33)25-16-27(20-5-4-6-22(30)14-20)31-26-8-3-2-7-24(25)26/h2-16H,17H2,1H3. The van der Waals surface area contributed by atoms with E-state index in [1.54, 1.807) is 25.3 Å². The lowest BCUT2D eigenvalue weighted by Crippen LogP contribution is -2.15. The van der Waals surface area contributed by atoms with E-state index < -0.39 is 5.97 Å². The van der Waals surface area contributed by atoms with Gasteiger partial charge in [0.15, 0.2) is 12.4 Å². The van der Waals surface area contributed by atoms with E-state index in [1.807, 2.05) is 72.8 Å². The Morgan fingerprint density at radius 1 is 0.857 bits per heavy atom. The van der Waals surface area contributed by atoms with Gasteiger partial charge in [0, 0.05) is 21.0 Å². The Hall–Kier alpha value is -4.03. The van der Waals surface area contributed by atoms with E-state index in [0.717, 1.165) is 26.6 Å². The van der Waals surface area contributed by atoms with E-state index in [9.17, 15) is 9.59 Å². The van der Waals surface area contributed by atoms with E-state index in [2.05, 4.69) is 15.9 Å². The molecule has 35 heavy (non-hydrogen) atoms. The Balaban J connectivity index is 1.40. The fourth-order valence-electron chi connectivity index (χ4n) is 3.96. The molecule has 0 aliphatic carbocycles. The second-order valence-corrected chi connectivity index (χ2v) is 8.93. The summed E-state index contributed by atoms with van der Waals surface area (Å²) in [5, 5.41) is 2.53. The van der Waals surface area contributed by atoms with Crippen LogP contribution in [0.3, 0.4) is 0 Å². The molecule has 0 N–H and O–H groups in total. The van der Waals surface area contributed by atoms with Gasteiger partial charge in [-0.1, -0.05) is 64.5 Å². The summed E-state index contributed by atoms with van der Waals surface area (Å²) in [6.45, 7) is -0.358. The number of carbonyl (C=O) groups excluding carboxylic acids is 2. The maximum Gasteiger partial charge on any atom is 0.339 e. The van der Waals surface area contributed by atoms with Crippen molar-refractivity contribution < 1.29 is 19.1 Å². The monoisotopic (exact) mass is 525 g/mol. The zero-order chi connectivity index (χ0) is 24.4. The van der Waals surface area contributed by atoms with E-state index in [0.29, 0.717) is 27.7 Å². The number of halogens is 1. The van der Waals surface area contributed by atoms with Crippen molar-refractivity contribution in [2.45, 2.75) is 0 Å². The number of ketones is 1. The normalized spacial score (nSPS) is 10.9. The second-order valence-electron chi connectivity index (χ2n) is 8.01. The predicted molar refractivity (Wildman–Crippen MR) is 140 cm³/mol. The maximum atomic E-state index is 13.1. The molecule has 0 saturated carbocycles. The number of esters is 1. The summed E-state index contributed by atoms with van der Waals surface area (Å²) in [6, 6.07) is 27.8. The molecule has 172 valence electrons. The highest BCUT2D eigenvalue weighted by Gasteiger charge is 2.17. The zero-order valence-corrected chi connectivity index (χ0v) is 20.4. The van der Waals surface area contributed by atoms with Crippen LogP contribution >= 0.6 is 15.9 Å². The number of pyridine rings is 1. The molecule has 5 aromatic rings. The molecule has 0 amide bonds. The SMILES string of the molecule is COc1ccc2cc(C(=O)COC(=O)c3cc(-c4cccc(Br)c4)nc4ccccc34)ccc2c1. The number of ether oxygens (including phenoxy) is 2. The minimum absolute atomic E-state index is 0.276. The Morgan fingerprint density at radius 2 is 1.66 bits per heavy atom. The van der Waals surface area contributed by atoms with E-state index in [-0.39, 0.29) is 12.4 Å². The number of aromatic nitrogens is 1. The number of hydrogen-bond donors (Lipinski definition) is 0. The quantitative estimate of drug-likeness (QED) is 0.179. The summed E-state index contributed by atoms with van der Waals surface area (Å²) in [5.74, 6) is -0.0994. The zero-order valence-electron chi connectivity index (χ0n) is 18.8. The van der Waals surface area contributed by atoms with Crippen LogP contribution in [0, 0.1) is 0 Å². The first-order valence-electron chi connectivity index (χ1n) is 11.0. The van der Waals surface area contributed by atoms with Crippen molar-refractivity contribution in [1.82, 2.24) is 4.98 Å². The lowest BCUT2D eigenvalue weighted by atomic mass is 10.0. The Bertz CT molecular complexity index is 1600. The van der Waals surface area contributed by atoms with Gasteiger partial charge in [-0.2, -0.15) is 0 Å². The van der Waals surface area contributed by atoms with Crippen molar-refractivity contribution >= 4 is 49.4 Å². The van der Waals surface area contributed by atoms with Gasteiger partial charge in [-0.25, -0.2) is 9.78 Å². The minimum atomic E-state index is -0.571. The van der Waals surface area contributed by atoms with Crippen LogP contribution in [0.4, 0.5) is 0 Å². The van der Waals surface area contributed by atoms with Gasteiger partial charge < -0.3 is 9.47 Å². The number of hydrogen-bond acceptors (Lipinski definition) is 5. The van der Waals surface area contributed by atoms with Crippen molar-refractivity contribution in [2.24, 2.45) is 0 Å². The average Bonchev–Trinajstić information content (AvgIpc) is 2.90. The first-order valence-corrected chi connectivity index (χ1v) is 11.7. The van der Waals surface area contributed by atoms with Gasteiger partial charge in [-0.15, -0.1) is 0 Å². The molecule has 0 bridgehead atoms. The number of carbonyl (C=O) groups is 2. The summed E-state index contributed by atoms with van der Waals surface area (Å²) in [7, 11) is 1.61. The smallest absolute Gasteiger partial charge is 0.339 e. The van der Waals surface area contributed by atoms with Gasteiger partial charge in [0.1, 0.15) is 5.75 Å². The van der Waals surface area contributed by atoms with Gasteiger partial charge in [-0.05, 0) is 53.2 Å². The fourth-order valence-corrected chi connectivity index (χ4v) is 4.36. The van der Waals surface area contributed by atoms with Crippen LogP contribution in [0.15, 0.2) is 95.5 Å². The van der Waals surface area contributed by atoms with Gasteiger partial charge in [-0.3, -0.25) is 4.79 Å². The lowest BCUT2D eigenvalue weighted by molar-refractivity contribution is 0.0477. The molecule has 1 heterocycles. The molecular weight excluding hydrogens is 506 g/mol. The van der Waals surface area contributed by atoms with Crippen LogP contribution < -0.4 is 4.74 Å². The number of nitrogens with zero attached hydrogens (tertiary/aromatic N) is 1. The van der Waals surface area contributed by atoms with Crippen molar-refractivity contribution in [3.63, 3.8) is 0 Å². The van der Waals surface area contributed by atoms with Crippen molar-refractivity contribution in [3.05, 3.63) is 107 Å². The summed E-state index contributed by atoms with van der Waals surface area (Å²) < 4.78 is 11.6. The molecule has 0 spiro atoms. The van der Waals surface area contributed by atoms with Gasteiger partial charge >= 0.3 is 5.97 Å². The second kappa shape index (κ2) is 9.68. The van der Waals surface area contributed by atoms with Crippen LogP contribution in [-0.2, 0) is 4.74 Å². The fraction of sp³-hybridized carbons (Fsp3) is 0.0690. The maximum absolute atomic E-state index is 13.1. The van der Waals surface area contributed by atoms with Crippen LogP contribution in [0.1, 0.15) is 20.7 Å². The average molecular weight is 526 g/mol. The molecule has 0 unspecified atom stereocenters. The van der Waals surface area contributed by atoms with E-state index in [1.165, 1.54) is 0 Å². The summed E-state index contributed by atoms with van der Waals surface area (Å²) in [4.78, 5) is 30.6. The highest BCUT2D eigenvalue weighted by Crippen LogP contribution is 2.27. The third kappa shape index (κ3) is 4.79. The molecule has 6 heteroatoms. The molecular formula is C29H20BrNO4. The summed E-state index contributed by atoms with van der Waals surface area (Å²) in [6.07, 6.45) is 0. The molecule has 5 nitrogen and oxygen atoms in total. The molecule has 4 aromatic carbocycles. The van der Waals surface area contributed by atoms with Crippen molar-refractivity contribution in [1.29, 1.82) is 0 Å². The largest absolute Gasteiger partial charge is 0.497 e. The number of para-hydroxylation sites is 1. The first kappa shape index (κ1) is 22.7. The molecule has 0 radical (unpaired) electrons. The molecule has 0 saturated heterocycles. The topological polar surface area (TPSA) is 65.5 Å².